The highest BCUT2D eigenvalue weighted by atomic mass is 32.1. The lowest BCUT2D eigenvalue weighted by molar-refractivity contribution is 0.103. The molecule has 0 fully saturated rings. The smallest absolute Gasteiger partial charge is 0.266 e. The van der Waals surface area contributed by atoms with Crippen molar-refractivity contribution in [3.63, 3.8) is 0 Å². The van der Waals surface area contributed by atoms with Gasteiger partial charge in [0.25, 0.3) is 5.91 Å². The largest absolute Gasteiger partial charge is 0.399 e. The first-order chi connectivity index (χ1) is 9.67. The molecular weight excluding hydrogens is 290 g/mol. The number of nitriles is 1. The van der Waals surface area contributed by atoms with Crippen LogP contribution < -0.4 is 11.1 Å². The highest BCUT2D eigenvalue weighted by Crippen LogP contribution is 2.29. The highest BCUT2D eigenvalue weighted by Gasteiger charge is 2.13. The van der Waals surface area contributed by atoms with Crippen LogP contribution in [0.2, 0.25) is 0 Å². The van der Waals surface area contributed by atoms with Gasteiger partial charge in [-0.05, 0) is 41.1 Å². The average molecular weight is 299 g/mol. The van der Waals surface area contributed by atoms with E-state index in [9.17, 15) is 4.79 Å². The van der Waals surface area contributed by atoms with Gasteiger partial charge in [0.2, 0.25) is 0 Å². The van der Waals surface area contributed by atoms with Crippen LogP contribution in [0.25, 0.3) is 10.1 Å². The van der Waals surface area contributed by atoms with E-state index >= 15 is 0 Å². The standard InChI is InChI=1S/C14H9N3OS2/c15-7-8-3-4-19-14(8)17-13(18)12-6-9-5-10(16)1-2-11(9)20-12/h1-6H,16H2,(H,17,18). The number of carbonyl (C=O) groups excluding carboxylic acids is 1. The number of nitrogens with one attached hydrogen (secondary N) is 1. The first-order valence-electron chi connectivity index (χ1n) is 5.75. The van der Waals surface area contributed by atoms with Gasteiger partial charge in [-0.2, -0.15) is 5.26 Å². The maximum atomic E-state index is 12.2. The van der Waals surface area contributed by atoms with E-state index in [1.54, 1.807) is 11.4 Å². The van der Waals surface area contributed by atoms with Crippen LogP contribution in [0, 0.1) is 11.3 Å². The van der Waals surface area contributed by atoms with Crippen molar-refractivity contribution in [3.8, 4) is 6.07 Å². The first kappa shape index (κ1) is 12.7. The summed E-state index contributed by atoms with van der Waals surface area (Å²) in [5, 5.41) is 15.0. The molecule has 2 aromatic heterocycles. The van der Waals surface area contributed by atoms with E-state index in [0.717, 1.165) is 10.1 Å². The van der Waals surface area contributed by atoms with Gasteiger partial charge >= 0.3 is 0 Å². The molecule has 0 unspecified atom stereocenters. The van der Waals surface area contributed by atoms with Gasteiger partial charge in [0.05, 0.1) is 10.4 Å². The quantitative estimate of drug-likeness (QED) is 0.709. The third-order valence-electron chi connectivity index (χ3n) is 2.78. The molecule has 0 aliphatic carbocycles. The third-order valence-corrected chi connectivity index (χ3v) is 4.72. The van der Waals surface area contributed by atoms with Crippen molar-refractivity contribution in [3.05, 3.63) is 46.2 Å². The molecule has 1 aromatic carbocycles. The lowest BCUT2D eigenvalue weighted by Crippen LogP contribution is -2.09. The molecule has 3 N–H and O–H groups in total. The lowest BCUT2D eigenvalue weighted by Gasteiger charge is -1.99. The molecular formula is C14H9N3OS2. The molecule has 0 saturated carbocycles. The van der Waals surface area contributed by atoms with E-state index in [-0.39, 0.29) is 5.91 Å². The SMILES string of the molecule is N#Cc1ccsc1NC(=O)c1cc2cc(N)ccc2s1. The van der Waals surface area contributed by atoms with E-state index < -0.39 is 0 Å². The molecule has 0 spiro atoms. The predicted molar refractivity (Wildman–Crippen MR) is 83.2 cm³/mol. The summed E-state index contributed by atoms with van der Waals surface area (Å²) in [5.41, 5.74) is 6.88. The monoisotopic (exact) mass is 299 g/mol. The zero-order valence-corrected chi connectivity index (χ0v) is 11.8. The molecule has 0 bridgehead atoms. The van der Waals surface area contributed by atoms with Crippen molar-refractivity contribution in [1.82, 2.24) is 0 Å². The fourth-order valence-electron chi connectivity index (χ4n) is 1.83. The summed E-state index contributed by atoms with van der Waals surface area (Å²) in [6, 6.07) is 11.1. The van der Waals surface area contributed by atoms with Gasteiger partial charge in [-0.3, -0.25) is 4.79 Å². The molecule has 20 heavy (non-hydrogen) atoms. The van der Waals surface area contributed by atoms with Crippen molar-refractivity contribution in [2.24, 2.45) is 0 Å². The number of nitrogens with zero attached hydrogens (tertiary/aromatic N) is 1. The topological polar surface area (TPSA) is 78.9 Å². The van der Waals surface area contributed by atoms with Crippen molar-refractivity contribution >= 4 is 49.4 Å². The van der Waals surface area contributed by atoms with Crippen LogP contribution in [-0.2, 0) is 0 Å². The number of anilines is 2. The van der Waals surface area contributed by atoms with Crippen molar-refractivity contribution in [1.29, 1.82) is 5.26 Å². The summed E-state index contributed by atoms with van der Waals surface area (Å²) in [6.07, 6.45) is 0. The molecule has 0 radical (unpaired) electrons. The van der Waals surface area contributed by atoms with Gasteiger partial charge < -0.3 is 11.1 Å². The molecule has 98 valence electrons. The second-order valence-electron chi connectivity index (χ2n) is 4.14. The Hall–Kier alpha value is -2.36. The van der Waals surface area contributed by atoms with Crippen molar-refractivity contribution in [2.75, 3.05) is 11.1 Å². The molecule has 6 heteroatoms. The molecule has 3 aromatic rings. The predicted octanol–water partition coefficient (Wildman–Crippen LogP) is 3.67. The van der Waals surface area contributed by atoms with Gasteiger partial charge in [-0.15, -0.1) is 22.7 Å². The minimum atomic E-state index is -0.205. The Balaban J connectivity index is 1.91. The summed E-state index contributed by atoms with van der Waals surface area (Å²) in [4.78, 5) is 12.8. The van der Waals surface area contributed by atoms with E-state index in [1.165, 1.54) is 22.7 Å². The Kier molecular flexibility index (Phi) is 3.14. The average Bonchev–Trinajstić information content (AvgIpc) is 3.04. The van der Waals surface area contributed by atoms with Crippen LogP contribution in [0.3, 0.4) is 0 Å². The Morgan fingerprint density at radius 2 is 2.15 bits per heavy atom. The number of rotatable bonds is 2. The number of fused-ring (bicyclic) bond motifs is 1. The maximum Gasteiger partial charge on any atom is 0.266 e. The number of hydrogen-bond acceptors (Lipinski definition) is 5. The van der Waals surface area contributed by atoms with E-state index in [4.69, 9.17) is 11.0 Å². The fourth-order valence-corrected chi connectivity index (χ4v) is 3.50. The summed E-state index contributed by atoms with van der Waals surface area (Å²) in [6.45, 7) is 0. The molecule has 0 saturated heterocycles. The molecule has 1 amide bonds. The summed E-state index contributed by atoms with van der Waals surface area (Å²) >= 11 is 2.74. The van der Waals surface area contributed by atoms with Crippen LogP contribution >= 0.6 is 22.7 Å². The first-order valence-corrected chi connectivity index (χ1v) is 7.45. The molecule has 2 heterocycles. The Morgan fingerprint density at radius 3 is 2.95 bits per heavy atom. The van der Waals surface area contributed by atoms with Gasteiger partial charge in [-0.1, -0.05) is 0 Å². The van der Waals surface area contributed by atoms with Gasteiger partial charge in [0.1, 0.15) is 11.1 Å². The second-order valence-corrected chi connectivity index (χ2v) is 6.14. The van der Waals surface area contributed by atoms with E-state index in [2.05, 4.69) is 5.32 Å². The Morgan fingerprint density at radius 1 is 1.30 bits per heavy atom. The van der Waals surface area contributed by atoms with Gasteiger partial charge in [-0.25, -0.2) is 0 Å². The van der Waals surface area contributed by atoms with E-state index in [0.29, 0.717) is 21.1 Å². The molecule has 3 rings (SSSR count). The molecule has 0 aliphatic heterocycles. The zero-order valence-electron chi connectivity index (χ0n) is 10.2. The molecule has 0 aliphatic rings. The van der Waals surface area contributed by atoms with E-state index in [1.807, 2.05) is 30.3 Å². The Labute approximate surface area is 123 Å². The third kappa shape index (κ3) is 2.25. The minimum Gasteiger partial charge on any atom is -0.399 e. The number of hydrogen-bond donors (Lipinski definition) is 2. The number of benzene rings is 1. The lowest BCUT2D eigenvalue weighted by atomic mass is 10.2. The molecule has 0 atom stereocenters. The maximum absolute atomic E-state index is 12.2. The van der Waals surface area contributed by atoms with Crippen molar-refractivity contribution < 1.29 is 4.79 Å². The zero-order chi connectivity index (χ0) is 14.1. The number of nitrogen functional groups attached to an aromatic ring is 1. The number of nitrogens with two attached hydrogens (primary N) is 1. The van der Waals surface area contributed by atoms with Crippen LogP contribution in [0.15, 0.2) is 35.7 Å². The van der Waals surface area contributed by atoms with Crippen LogP contribution in [0.5, 0.6) is 0 Å². The van der Waals surface area contributed by atoms with Crippen LogP contribution in [-0.4, -0.2) is 5.91 Å². The van der Waals surface area contributed by atoms with Crippen LogP contribution in [0.1, 0.15) is 15.2 Å². The van der Waals surface area contributed by atoms with Crippen molar-refractivity contribution in [2.45, 2.75) is 0 Å². The summed E-state index contributed by atoms with van der Waals surface area (Å²) in [5.74, 6) is -0.205. The van der Waals surface area contributed by atoms with Crippen LogP contribution in [0.4, 0.5) is 10.7 Å². The number of amides is 1. The summed E-state index contributed by atoms with van der Waals surface area (Å²) in [7, 11) is 0. The number of thiophene rings is 2. The van der Waals surface area contributed by atoms with Gasteiger partial charge in [0.15, 0.2) is 0 Å². The number of carbonyl (C=O) groups is 1. The molecule has 4 nitrogen and oxygen atoms in total. The Bertz CT molecular complexity index is 842. The normalized spacial score (nSPS) is 10.3. The van der Waals surface area contributed by atoms with Gasteiger partial charge in [0, 0.05) is 10.4 Å². The highest BCUT2D eigenvalue weighted by molar-refractivity contribution is 7.21. The second kappa shape index (κ2) is 4.96. The minimum absolute atomic E-state index is 0.205. The summed E-state index contributed by atoms with van der Waals surface area (Å²) < 4.78 is 1.01. The fraction of sp³-hybridized carbons (Fsp3) is 0.